The van der Waals surface area contributed by atoms with Gasteiger partial charge in [0.1, 0.15) is 0 Å². The lowest BCUT2D eigenvalue weighted by Crippen LogP contribution is -2.57. The van der Waals surface area contributed by atoms with E-state index in [0.29, 0.717) is 4.90 Å². The molecule has 14 heavy (non-hydrogen) atoms. The van der Waals surface area contributed by atoms with Gasteiger partial charge in [-0.05, 0) is 12.8 Å². The number of rotatable bonds is 2. The van der Waals surface area contributed by atoms with Crippen molar-refractivity contribution >= 4 is 12.1 Å². The largest absolute Gasteiger partial charge is 0.479 e. The molecule has 80 valence electrons. The van der Waals surface area contributed by atoms with Gasteiger partial charge in [0.25, 0.3) is 6.43 Å². The number of aliphatic carboxylic acids is 1. The van der Waals surface area contributed by atoms with E-state index in [-0.39, 0.29) is 19.4 Å². The van der Waals surface area contributed by atoms with E-state index in [1.807, 2.05) is 0 Å². The maximum atomic E-state index is 12.6. The van der Waals surface area contributed by atoms with Crippen LogP contribution in [0.3, 0.4) is 0 Å². The zero-order valence-corrected chi connectivity index (χ0v) is 7.11. The summed E-state index contributed by atoms with van der Waals surface area (Å²) in [4.78, 5) is 21.6. The molecule has 1 fully saturated rings. The Morgan fingerprint density at radius 1 is 1.36 bits per heavy atom. The standard InChI is InChI=1S/C7H9F2NO4/c8-4(9)7(5(11)12)2-1-3-10(7)6(13)14/h4H,1-3H2,(H,11,12)(H,13,14)/t7-/m1/s1. The van der Waals surface area contributed by atoms with Crippen LogP contribution in [-0.4, -0.2) is 45.7 Å². The van der Waals surface area contributed by atoms with Crippen LogP contribution in [0.4, 0.5) is 13.6 Å². The zero-order valence-electron chi connectivity index (χ0n) is 7.11. The molecule has 0 saturated carbocycles. The lowest BCUT2D eigenvalue weighted by atomic mass is 9.97. The third-order valence-corrected chi connectivity index (χ3v) is 2.38. The van der Waals surface area contributed by atoms with E-state index in [1.54, 1.807) is 0 Å². The number of nitrogens with zero attached hydrogens (tertiary/aromatic N) is 1. The van der Waals surface area contributed by atoms with E-state index in [4.69, 9.17) is 10.2 Å². The molecule has 1 amide bonds. The molecule has 0 spiro atoms. The average Bonchev–Trinajstić information content (AvgIpc) is 2.47. The van der Waals surface area contributed by atoms with Crippen molar-refractivity contribution < 1.29 is 28.6 Å². The van der Waals surface area contributed by atoms with Crippen LogP contribution in [0, 0.1) is 0 Å². The Kier molecular flexibility index (Phi) is 2.59. The second-order valence-corrected chi connectivity index (χ2v) is 3.07. The normalized spacial score (nSPS) is 26.9. The van der Waals surface area contributed by atoms with Gasteiger partial charge in [-0.1, -0.05) is 0 Å². The number of alkyl halides is 2. The van der Waals surface area contributed by atoms with Crippen molar-refractivity contribution in [2.24, 2.45) is 0 Å². The van der Waals surface area contributed by atoms with Crippen LogP contribution in [0.5, 0.6) is 0 Å². The van der Waals surface area contributed by atoms with Gasteiger partial charge in [0.2, 0.25) is 5.54 Å². The number of amides is 1. The summed E-state index contributed by atoms with van der Waals surface area (Å²) in [6, 6.07) is 0. The van der Waals surface area contributed by atoms with E-state index in [1.165, 1.54) is 0 Å². The fourth-order valence-electron chi connectivity index (χ4n) is 1.65. The summed E-state index contributed by atoms with van der Waals surface area (Å²) in [6.45, 7) is -0.161. The predicted molar refractivity (Wildman–Crippen MR) is 40.3 cm³/mol. The third kappa shape index (κ3) is 1.28. The van der Waals surface area contributed by atoms with E-state index in [0.717, 1.165) is 0 Å². The van der Waals surface area contributed by atoms with Crippen molar-refractivity contribution in [2.45, 2.75) is 24.8 Å². The van der Waals surface area contributed by atoms with Crippen LogP contribution in [0.25, 0.3) is 0 Å². The molecule has 0 aromatic heterocycles. The zero-order chi connectivity index (χ0) is 10.9. The lowest BCUT2D eigenvalue weighted by Gasteiger charge is -2.31. The SMILES string of the molecule is O=C(O)N1CCC[C@]1(C(=O)O)C(F)F. The molecular formula is C7H9F2NO4. The topological polar surface area (TPSA) is 77.8 Å². The number of hydrogen-bond acceptors (Lipinski definition) is 2. The van der Waals surface area contributed by atoms with Crippen LogP contribution in [0.2, 0.25) is 0 Å². The minimum Gasteiger partial charge on any atom is -0.479 e. The van der Waals surface area contributed by atoms with Gasteiger partial charge in [-0.15, -0.1) is 0 Å². The van der Waals surface area contributed by atoms with E-state index in [9.17, 15) is 18.4 Å². The van der Waals surface area contributed by atoms with Crippen molar-refractivity contribution in [1.82, 2.24) is 4.90 Å². The molecule has 0 aromatic rings. The Morgan fingerprint density at radius 3 is 2.21 bits per heavy atom. The molecule has 0 radical (unpaired) electrons. The van der Waals surface area contributed by atoms with Crippen LogP contribution in [-0.2, 0) is 4.79 Å². The summed E-state index contributed by atoms with van der Waals surface area (Å²) in [6.07, 6.45) is -5.03. The van der Waals surface area contributed by atoms with E-state index < -0.39 is 24.0 Å². The Hall–Kier alpha value is -1.40. The Bertz CT molecular complexity index is 270. The molecule has 1 aliphatic rings. The third-order valence-electron chi connectivity index (χ3n) is 2.38. The highest BCUT2D eigenvalue weighted by Gasteiger charge is 2.57. The first-order chi connectivity index (χ1) is 6.43. The maximum Gasteiger partial charge on any atom is 0.408 e. The molecule has 0 aromatic carbocycles. The lowest BCUT2D eigenvalue weighted by molar-refractivity contribution is -0.158. The van der Waals surface area contributed by atoms with Crippen molar-refractivity contribution in [3.05, 3.63) is 0 Å². The Labute approximate surface area is 77.9 Å². The van der Waals surface area contributed by atoms with Gasteiger partial charge < -0.3 is 10.2 Å². The molecular weight excluding hydrogens is 200 g/mol. The van der Waals surface area contributed by atoms with Gasteiger partial charge in [0.15, 0.2) is 0 Å². The van der Waals surface area contributed by atoms with Crippen LogP contribution >= 0.6 is 0 Å². The summed E-state index contributed by atoms with van der Waals surface area (Å²) in [5.41, 5.74) is -2.55. The van der Waals surface area contributed by atoms with Crippen molar-refractivity contribution in [1.29, 1.82) is 0 Å². The smallest absolute Gasteiger partial charge is 0.408 e. The molecule has 1 aliphatic heterocycles. The fourth-order valence-corrected chi connectivity index (χ4v) is 1.65. The summed E-state index contributed by atoms with van der Waals surface area (Å²) in [7, 11) is 0. The summed E-state index contributed by atoms with van der Waals surface area (Å²) >= 11 is 0. The summed E-state index contributed by atoms with van der Waals surface area (Å²) < 4.78 is 25.1. The van der Waals surface area contributed by atoms with Gasteiger partial charge >= 0.3 is 12.1 Å². The number of carboxylic acids is 1. The molecule has 5 nitrogen and oxygen atoms in total. The highest BCUT2D eigenvalue weighted by atomic mass is 19.3. The number of likely N-dealkylation sites (tertiary alicyclic amines) is 1. The van der Waals surface area contributed by atoms with Gasteiger partial charge in [0, 0.05) is 6.54 Å². The van der Waals surface area contributed by atoms with Crippen LogP contribution in [0.15, 0.2) is 0 Å². The number of carboxylic acid groups (broad SMARTS) is 2. The Morgan fingerprint density at radius 2 is 1.93 bits per heavy atom. The van der Waals surface area contributed by atoms with Gasteiger partial charge in [-0.2, -0.15) is 0 Å². The minimum absolute atomic E-state index is 0.142. The monoisotopic (exact) mass is 209 g/mol. The molecule has 1 rings (SSSR count). The number of halogens is 2. The molecule has 1 atom stereocenters. The van der Waals surface area contributed by atoms with Crippen molar-refractivity contribution in [3.8, 4) is 0 Å². The molecule has 1 saturated heterocycles. The predicted octanol–water partition coefficient (Wildman–Crippen LogP) is 0.849. The number of hydrogen-bond donors (Lipinski definition) is 2. The highest BCUT2D eigenvalue weighted by molar-refractivity contribution is 5.85. The average molecular weight is 209 g/mol. The minimum atomic E-state index is -3.21. The van der Waals surface area contributed by atoms with Gasteiger partial charge in [0.05, 0.1) is 0 Å². The molecule has 0 unspecified atom stereocenters. The quantitative estimate of drug-likeness (QED) is 0.706. The van der Waals surface area contributed by atoms with E-state index in [2.05, 4.69) is 0 Å². The van der Waals surface area contributed by atoms with Crippen LogP contribution < -0.4 is 0 Å². The summed E-state index contributed by atoms with van der Waals surface area (Å²) in [5.74, 6) is -1.78. The summed E-state index contributed by atoms with van der Waals surface area (Å²) in [5, 5.41) is 17.2. The van der Waals surface area contributed by atoms with Crippen molar-refractivity contribution in [3.63, 3.8) is 0 Å². The van der Waals surface area contributed by atoms with E-state index >= 15 is 0 Å². The Balaban J connectivity index is 3.08. The highest BCUT2D eigenvalue weighted by Crippen LogP contribution is 2.35. The molecule has 0 bridgehead atoms. The second-order valence-electron chi connectivity index (χ2n) is 3.07. The van der Waals surface area contributed by atoms with Gasteiger partial charge in [-0.3, -0.25) is 4.90 Å². The van der Waals surface area contributed by atoms with Gasteiger partial charge in [-0.25, -0.2) is 18.4 Å². The fraction of sp³-hybridized carbons (Fsp3) is 0.714. The second kappa shape index (κ2) is 3.39. The molecule has 7 heteroatoms. The first-order valence-corrected chi connectivity index (χ1v) is 3.95. The maximum absolute atomic E-state index is 12.6. The molecule has 1 heterocycles. The number of carbonyl (C=O) groups is 2. The first-order valence-electron chi connectivity index (χ1n) is 3.95. The first kappa shape index (κ1) is 10.7. The molecule has 0 aliphatic carbocycles. The molecule has 2 N–H and O–H groups in total. The van der Waals surface area contributed by atoms with Crippen LogP contribution in [0.1, 0.15) is 12.8 Å². The van der Waals surface area contributed by atoms with Crippen molar-refractivity contribution in [2.75, 3.05) is 6.54 Å².